The molecule has 1 aromatic rings. The normalized spacial score (nSPS) is 22.8. The van der Waals surface area contributed by atoms with Crippen LogP contribution in [0.5, 0.6) is 0 Å². The zero-order chi connectivity index (χ0) is 26.8. The second-order valence-electron chi connectivity index (χ2n) is 7.41. The first-order valence-corrected chi connectivity index (χ1v) is 11.0. The van der Waals surface area contributed by atoms with Gasteiger partial charge in [-0.05, 0) is 24.4 Å². The number of nitrogens with zero attached hydrogens (tertiary/aromatic N) is 1. The summed E-state index contributed by atoms with van der Waals surface area (Å²) in [6.45, 7) is 4.10. The maximum atomic E-state index is 12.2. The van der Waals surface area contributed by atoms with Gasteiger partial charge in [-0.1, -0.05) is 0 Å². The maximum absolute atomic E-state index is 12.2. The minimum absolute atomic E-state index is 0.168. The molecule has 196 valence electrons. The highest BCUT2D eigenvalue weighted by Gasteiger charge is 2.52. The van der Waals surface area contributed by atoms with E-state index in [0.29, 0.717) is 5.56 Å². The molecule has 2 heterocycles. The summed E-state index contributed by atoms with van der Waals surface area (Å²) in [5.41, 5.74) is 5.13. The lowest BCUT2D eigenvalue weighted by atomic mass is 9.97. The Hall–Kier alpha value is -3.85. The summed E-state index contributed by atoms with van der Waals surface area (Å²) in [4.78, 5) is 62.9. The van der Waals surface area contributed by atoms with E-state index >= 15 is 0 Å². The number of thiocarbonyl (C=S) groups is 1. The van der Waals surface area contributed by atoms with Crippen molar-refractivity contribution in [3.63, 3.8) is 0 Å². The first-order valence-electron chi connectivity index (χ1n) is 10.5. The molecule has 2 rings (SSSR count). The smallest absolute Gasteiger partial charge is 0.303 e. The van der Waals surface area contributed by atoms with Gasteiger partial charge >= 0.3 is 23.9 Å². The molecule has 1 aliphatic heterocycles. The zero-order valence-electron chi connectivity index (χ0n) is 19.8. The summed E-state index contributed by atoms with van der Waals surface area (Å²) in [6.07, 6.45) is -3.60. The fourth-order valence-electron chi connectivity index (χ4n) is 3.20. The van der Waals surface area contributed by atoms with Crippen molar-refractivity contribution in [1.82, 2.24) is 21.2 Å². The van der Waals surface area contributed by atoms with Crippen LogP contribution in [0.15, 0.2) is 24.5 Å². The molecule has 1 fully saturated rings. The number of rotatable bonds is 7. The monoisotopic (exact) mass is 526 g/mol. The third kappa shape index (κ3) is 8.74. The lowest BCUT2D eigenvalue weighted by Crippen LogP contribution is -2.67. The van der Waals surface area contributed by atoms with Crippen molar-refractivity contribution in [2.45, 2.75) is 58.3 Å². The number of pyridine rings is 1. The number of hydrazine groups is 1. The Kier molecular flexibility index (Phi) is 10.5. The Morgan fingerprint density at radius 2 is 1.42 bits per heavy atom. The molecule has 15 heteroatoms. The summed E-state index contributed by atoms with van der Waals surface area (Å²) in [5, 5.41) is 2.53. The third-order valence-electron chi connectivity index (χ3n) is 4.50. The molecule has 1 aliphatic rings. The Balaban J connectivity index is 2.26. The molecule has 36 heavy (non-hydrogen) atoms. The minimum Gasteiger partial charge on any atom is -0.463 e. The van der Waals surface area contributed by atoms with Gasteiger partial charge in [-0.25, -0.2) is 0 Å². The van der Waals surface area contributed by atoms with Crippen LogP contribution in [0, 0.1) is 0 Å². The molecule has 0 spiro atoms. The van der Waals surface area contributed by atoms with Crippen LogP contribution < -0.4 is 16.2 Å². The average Bonchev–Trinajstić information content (AvgIpc) is 2.79. The number of carbonyl (C=O) groups excluding carboxylic acids is 5. The SMILES string of the molecule is CC(=O)OC[C@@H]1O[C@H](NC(=S)NNC(=O)c2ccncc2)[C@H](OC(C)=O)[C@@H](OC(C)=O)[C@H]1OC(C)=O. The minimum atomic E-state index is -1.36. The Morgan fingerprint density at radius 3 is 1.97 bits per heavy atom. The first kappa shape index (κ1) is 28.4. The first-order chi connectivity index (χ1) is 17.0. The number of ether oxygens (including phenoxy) is 5. The maximum Gasteiger partial charge on any atom is 0.303 e. The van der Waals surface area contributed by atoms with Gasteiger partial charge in [-0.15, -0.1) is 0 Å². The van der Waals surface area contributed by atoms with Crippen LogP contribution in [0.1, 0.15) is 38.1 Å². The summed E-state index contributed by atoms with van der Waals surface area (Å²) >= 11 is 5.19. The van der Waals surface area contributed by atoms with Crippen molar-refractivity contribution in [1.29, 1.82) is 0 Å². The summed E-state index contributed by atoms with van der Waals surface area (Å²) in [5.74, 6) is -3.46. The van der Waals surface area contributed by atoms with Crippen molar-refractivity contribution in [2.75, 3.05) is 6.61 Å². The average molecular weight is 527 g/mol. The van der Waals surface area contributed by atoms with Crippen molar-refractivity contribution >= 4 is 47.1 Å². The number of carbonyl (C=O) groups is 5. The van der Waals surface area contributed by atoms with E-state index in [1.807, 2.05) is 0 Å². The van der Waals surface area contributed by atoms with Crippen LogP contribution in [0.25, 0.3) is 0 Å². The third-order valence-corrected chi connectivity index (χ3v) is 4.72. The van der Waals surface area contributed by atoms with Crippen LogP contribution in [-0.2, 0) is 42.9 Å². The highest BCUT2D eigenvalue weighted by atomic mass is 32.1. The van der Waals surface area contributed by atoms with Crippen molar-refractivity contribution in [2.24, 2.45) is 0 Å². The largest absolute Gasteiger partial charge is 0.463 e. The summed E-state index contributed by atoms with van der Waals surface area (Å²) in [7, 11) is 0. The zero-order valence-corrected chi connectivity index (χ0v) is 20.7. The summed E-state index contributed by atoms with van der Waals surface area (Å²) in [6, 6.07) is 2.96. The number of hydrogen-bond acceptors (Lipinski definition) is 12. The quantitative estimate of drug-likeness (QED) is 0.175. The Morgan fingerprint density at radius 1 is 0.861 bits per heavy atom. The number of aromatic nitrogens is 1. The van der Waals surface area contributed by atoms with Crippen molar-refractivity contribution < 1.29 is 47.7 Å². The lowest BCUT2D eigenvalue weighted by Gasteiger charge is -2.44. The van der Waals surface area contributed by atoms with Crippen LogP contribution in [-0.4, -0.2) is 77.1 Å². The van der Waals surface area contributed by atoms with Gasteiger partial charge in [-0.3, -0.25) is 39.8 Å². The van der Waals surface area contributed by atoms with Crippen LogP contribution >= 0.6 is 12.2 Å². The molecule has 0 aliphatic carbocycles. The molecule has 0 aromatic carbocycles. The number of amides is 1. The predicted octanol–water partition coefficient (Wildman–Crippen LogP) is -0.726. The highest BCUT2D eigenvalue weighted by Crippen LogP contribution is 2.28. The van der Waals surface area contributed by atoms with E-state index in [0.717, 1.165) is 27.7 Å². The molecule has 1 saturated heterocycles. The molecule has 5 atom stereocenters. The molecule has 3 N–H and O–H groups in total. The topological polar surface area (TPSA) is 180 Å². The predicted molar refractivity (Wildman–Crippen MR) is 123 cm³/mol. The number of nitrogens with one attached hydrogen (secondary N) is 3. The van der Waals surface area contributed by atoms with Gasteiger partial charge in [0.15, 0.2) is 29.7 Å². The standard InChI is InChI=1S/C21H26N4O10S/c1-10(26)31-9-15-16(32-11(2)27)17(33-12(3)28)18(34-13(4)29)20(35-15)23-21(36)25-24-19(30)14-5-7-22-8-6-14/h5-8,15-18,20H,9H2,1-4H3,(H,24,30)(H2,23,25,36)/t15-,16-,17-,18+,20-/m0/s1. The van der Waals surface area contributed by atoms with Gasteiger partial charge < -0.3 is 29.0 Å². The second-order valence-corrected chi connectivity index (χ2v) is 7.82. The number of esters is 4. The molecule has 1 aromatic heterocycles. The van der Waals surface area contributed by atoms with Crippen LogP contribution in [0.2, 0.25) is 0 Å². The fraction of sp³-hybridized carbons (Fsp3) is 0.476. The molecule has 0 bridgehead atoms. The molecule has 14 nitrogen and oxygen atoms in total. The Bertz CT molecular complexity index is 992. The number of hydrogen-bond donors (Lipinski definition) is 3. The molecular formula is C21H26N4O10S. The fourth-order valence-corrected chi connectivity index (χ4v) is 3.37. The van der Waals surface area contributed by atoms with Gasteiger partial charge in [-0.2, -0.15) is 0 Å². The molecule has 0 unspecified atom stereocenters. The van der Waals surface area contributed by atoms with Crippen LogP contribution in [0.3, 0.4) is 0 Å². The second kappa shape index (κ2) is 13.3. The van der Waals surface area contributed by atoms with E-state index in [1.54, 1.807) is 0 Å². The highest BCUT2D eigenvalue weighted by molar-refractivity contribution is 7.80. The van der Waals surface area contributed by atoms with E-state index < -0.39 is 67.0 Å². The van der Waals surface area contributed by atoms with Crippen molar-refractivity contribution in [3.8, 4) is 0 Å². The van der Waals surface area contributed by atoms with E-state index in [-0.39, 0.29) is 5.11 Å². The van der Waals surface area contributed by atoms with Gasteiger partial charge in [0.2, 0.25) is 0 Å². The molecule has 1 amide bonds. The lowest BCUT2D eigenvalue weighted by molar-refractivity contribution is -0.254. The van der Waals surface area contributed by atoms with E-state index in [9.17, 15) is 24.0 Å². The van der Waals surface area contributed by atoms with Gasteiger partial charge in [0.1, 0.15) is 12.7 Å². The molecule has 0 radical (unpaired) electrons. The van der Waals surface area contributed by atoms with E-state index in [4.69, 9.17) is 35.9 Å². The van der Waals surface area contributed by atoms with Crippen molar-refractivity contribution in [3.05, 3.63) is 30.1 Å². The Labute approximate surface area is 211 Å². The van der Waals surface area contributed by atoms with Gasteiger partial charge in [0.05, 0.1) is 0 Å². The summed E-state index contributed by atoms with van der Waals surface area (Å²) < 4.78 is 26.8. The van der Waals surface area contributed by atoms with Gasteiger partial charge in [0, 0.05) is 45.7 Å². The van der Waals surface area contributed by atoms with Gasteiger partial charge in [0.25, 0.3) is 5.91 Å². The molecule has 0 saturated carbocycles. The van der Waals surface area contributed by atoms with E-state index in [2.05, 4.69) is 21.2 Å². The van der Waals surface area contributed by atoms with Crippen LogP contribution in [0.4, 0.5) is 0 Å². The molecular weight excluding hydrogens is 500 g/mol. The van der Waals surface area contributed by atoms with E-state index in [1.165, 1.54) is 24.5 Å².